The van der Waals surface area contributed by atoms with E-state index in [9.17, 15) is 13.2 Å². The fourth-order valence-electron chi connectivity index (χ4n) is 1.36. The van der Waals surface area contributed by atoms with Crippen LogP contribution in [-0.2, 0) is 9.84 Å². The molecule has 100 valence electrons. The van der Waals surface area contributed by atoms with Crippen LogP contribution < -0.4 is 5.32 Å². The first-order valence-corrected chi connectivity index (χ1v) is 8.17. The number of carbonyl (C=O) groups is 1. The van der Waals surface area contributed by atoms with Gasteiger partial charge in [0.1, 0.15) is 0 Å². The summed E-state index contributed by atoms with van der Waals surface area (Å²) < 4.78 is 22.5. The summed E-state index contributed by atoms with van der Waals surface area (Å²) in [6, 6.07) is 7.07. The van der Waals surface area contributed by atoms with Gasteiger partial charge in [-0.15, -0.1) is 11.3 Å². The minimum atomic E-state index is -3.34. The van der Waals surface area contributed by atoms with E-state index in [4.69, 9.17) is 0 Å². The first kappa shape index (κ1) is 13.7. The van der Waals surface area contributed by atoms with Crippen molar-refractivity contribution in [3.63, 3.8) is 0 Å². The molecule has 0 saturated heterocycles. The van der Waals surface area contributed by atoms with E-state index >= 15 is 0 Å². The summed E-state index contributed by atoms with van der Waals surface area (Å²) in [5.74, 6) is -0.311. The third kappa shape index (κ3) is 3.39. The van der Waals surface area contributed by atoms with Gasteiger partial charge in [-0.2, -0.15) is 0 Å². The molecule has 0 aliphatic heterocycles. The van der Waals surface area contributed by atoms with E-state index in [1.165, 1.54) is 5.38 Å². The minimum Gasteiger partial charge on any atom is -0.298 e. The Morgan fingerprint density at radius 3 is 2.42 bits per heavy atom. The molecule has 2 aromatic rings. The van der Waals surface area contributed by atoms with Crippen LogP contribution in [0, 0.1) is 6.92 Å². The van der Waals surface area contributed by atoms with Gasteiger partial charge in [0.05, 0.1) is 0 Å². The number of anilines is 1. The molecule has 0 aliphatic carbocycles. The zero-order valence-electron chi connectivity index (χ0n) is 10.4. The molecule has 0 unspecified atom stereocenters. The number of nitrogens with zero attached hydrogens (tertiary/aromatic N) is 1. The number of amides is 1. The van der Waals surface area contributed by atoms with Crippen LogP contribution in [-0.4, -0.2) is 25.6 Å². The summed E-state index contributed by atoms with van der Waals surface area (Å²) in [5.41, 5.74) is 1.56. The zero-order chi connectivity index (χ0) is 14.0. The molecule has 0 spiro atoms. The van der Waals surface area contributed by atoms with Gasteiger partial charge in [0.15, 0.2) is 20.0 Å². The third-order valence-electron chi connectivity index (χ3n) is 2.40. The average molecular weight is 296 g/mol. The second-order valence-electron chi connectivity index (χ2n) is 4.08. The highest BCUT2D eigenvalue weighted by atomic mass is 32.2. The molecule has 0 radical (unpaired) electrons. The van der Waals surface area contributed by atoms with Crippen molar-refractivity contribution in [2.75, 3.05) is 11.6 Å². The number of aryl methyl sites for hydroxylation is 1. The highest BCUT2D eigenvalue weighted by Gasteiger charge is 2.14. The van der Waals surface area contributed by atoms with Crippen LogP contribution in [0.15, 0.2) is 34.7 Å². The molecule has 5 nitrogen and oxygen atoms in total. The number of sulfone groups is 1. The van der Waals surface area contributed by atoms with E-state index in [-0.39, 0.29) is 16.1 Å². The van der Waals surface area contributed by atoms with Crippen LogP contribution in [0.1, 0.15) is 15.9 Å². The van der Waals surface area contributed by atoms with Crippen molar-refractivity contribution in [3.05, 3.63) is 40.8 Å². The van der Waals surface area contributed by atoms with E-state index in [0.29, 0.717) is 5.56 Å². The van der Waals surface area contributed by atoms with Crippen LogP contribution in [0.5, 0.6) is 0 Å². The summed E-state index contributed by atoms with van der Waals surface area (Å²) in [5, 5.41) is 4.22. The Balaban J connectivity index is 2.15. The highest BCUT2D eigenvalue weighted by Crippen LogP contribution is 2.19. The maximum absolute atomic E-state index is 11.9. The quantitative estimate of drug-likeness (QED) is 0.941. The van der Waals surface area contributed by atoms with Crippen molar-refractivity contribution in [1.29, 1.82) is 0 Å². The van der Waals surface area contributed by atoms with Gasteiger partial charge in [0, 0.05) is 17.2 Å². The number of aromatic nitrogens is 1. The summed E-state index contributed by atoms with van der Waals surface area (Å²) in [4.78, 5) is 15.8. The molecule has 19 heavy (non-hydrogen) atoms. The van der Waals surface area contributed by atoms with Crippen molar-refractivity contribution >= 4 is 32.2 Å². The number of benzene rings is 1. The van der Waals surface area contributed by atoms with Crippen molar-refractivity contribution in [1.82, 2.24) is 4.98 Å². The fraction of sp³-hybridized carbons (Fsp3) is 0.167. The second kappa shape index (κ2) is 5.10. The minimum absolute atomic E-state index is 0.0308. The number of rotatable bonds is 3. The van der Waals surface area contributed by atoms with E-state index in [0.717, 1.165) is 23.2 Å². The van der Waals surface area contributed by atoms with E-state index in [1.54, 1.807) is 12.1 Å². The Labute approximate surface area is 115 Å². The zero-order valence-corrected chi connectivity index (χ0v) is 12.0. The van der Waals surface area contributed by atoms with Gasteiger partial charge in [-0.3, -0.25) is 10.1 Å². The summed E-state index contributed by atoms with van der Waals surface area (Å²) in [6.45, 7) is 1.93. The van der Waals surface area contributed by atoms with Crippen molar-refractivity contribution in [3.8, 4) is 0 Å². The molecule has 1 heterocycles. The van der Waals surface area contributed by atoms with Gasteiger partial charge in [0.2, 0.25) is 0 Å². The Bertz CT molecular complexity index is 703. The second-order valence-corrected chi connectivity index (χ2v) is 6.90. The Morgan fingerprint density at radius 1 is 1.26 bits per heavy atom. The van der Waals surface area contributed by atoms with Crippen molar-refractivity contribution in [2.24, 2.45) is 0 Å². The summed E-state index contributed by atoms with van der Waals surface area (Å²) in [7, 11) is -3.34. The van der Waals surface area contributed by atoms with Crippen LogP contribution in [0.4, 0.5) is 5.13 Å². The van der Waals surface area contributed by atoms with Crippen molar-refractivity contribution in [2.45, 2.75) is 11.9 Å². The fourth-order valence-corrected chi connectivity index (χ4v) is 3.09. The van der Waals surface area contributed by atoms with Gasteiger partial charge < -0.3 is 0 Å². The number of nitrogens with one attached hydrogen (secondary N) is 1. The molecule has 1 aromatic heterocycles. The summed E-state index contributed by atoms with van der Waals surface area (Å²) in [6.07, 6.45) is 1.08. The lowest BCUT2D eigenvalue weighted by molar-refractivity contribution is 0.102. The molecule has 0 aliphatic rings. The number of hydrogen-bond acceptors (Lipinski definition) is 5. The average Bonchev–Trinajstić information content (AvgIpc) is 2.78. The lowest BCUT2D eigenvalue weighted by Gasteiger charge is -2.01. The SMILES string of the molecule is Cc1ccc(C(=O)Nc2nc(S(C)(=O)=O)cs2)cc1. The molecule has 7 heteroatoms. The maximum Gasteiger partial charge on any atom is 0.257 e. The normalized spacial score (nSPS) is 11.3. The van der Waals surface area contributed by atoms with Crippen LogP contribution >= 0.6 is 11.3 Å². The Morgan fingerprint density at radius 2 is 1.89 bits per heavy atom. The molecule has 2 rings (SSSR count). The largest absolute Gasteiger partial charge is 0.298 e. The monoisotopic (exact) mass is 296 g/mol. The molecular formula is C12H12N2O3S2. The lowest BCUT2D eigenvalue weighted by Crippen LogP contribution is -2.11. The molecule has 0 fully saturated rings. The van der Waals surface area contributed by atoms with Crippen LogP contribution in [0.2, 0.25) is 0 Å². The topological polar surface area (TPSA) is 76.1 Å². The maximum atomic E-state index is 11.9. The van der Waals surface area contributed by atoms with E-state index < -0.39 is 9.84 Å². The van der Waals surface area contributed by atoms with Gasteiger partial charge >= 0.3 is 0 Å². The first-order valence-electron chi connectivity index (χ1n) is 5.40. The first-order chi connectivity index (χ1) is 8.86. The van der Waals surface area contributed by atoms with E-state index in [2.05, 4.69) is 10.3 Å². The molecule has 1 aromatic carbocycles. The molecule has 1 N–H and O–H groups in total. The molecule has 0 saturated carbocycles. The van der Waals surface area contributed by atoms with Gasteiger partial charge in [-0.05, 0) is 19.1 Å². The Kier molecular flexibility index (Phi) is 3.68. The molecule has 1 amide bonds. The standard InChI is InChI=1S/C12H12N2O3S2/c1-8-3-5-9(6-4-8)11(15)14-12-13-10(7-18-12)19(2,16)17/h3-7H,1-2H3,(H,13,14,15). The smallest absolute Gasteiger partial charge is 0.257 e. The van der Waals surface area contributed by atoms with Gasteiger partial charge in [0.25, 0.3) is 5.91 Å². The predicted molar refractivity (Wildman–Crippen MR) is 74.4 cm³/mol. The Hall–Kier alpha value is -1.73. The van der Waals surface area contributed by atoms with Crippen LogP contribution in [0.25, 0.3) is 0 Å². The molecule has 0 bridgehead atoms. The highest BCUT2D eigenvalue weighted by molar-refractivity contribution is 7.90. The molecule has 0 atom stereocenters. The van der Waals surface area contributed by atoms with E-state index in [1.807, 2.05) is 19.1 Å². The van der Waals surface area contributed by atoms with Crippen LogP contribution in [0.3, 0.4) is 0 Å². The number of thiazole rings is 1. The van der Waals surface area contributed by atoms with Crippen molar-refractivity contribution < 1.29 is 13.2 Å². The van der Waals surface area contributed by atoms with Gasteiger partial charge in [-0.1, -0.05) is 17.7 Å². The van der Waals surface area contributed by atoms with Gasteiger partial charge in [-0.25, -0.2) is 13.4 Å². The molecular weight excluding hydrogens is 284 g/mol. The summed E-state index contributed by atoms with van der Waals surface area (Å²) >= 11 is 1.08. The predicted octanol–water partition coefficient (Wildman–Crippen LogP) is 2.11. The third-order valence-corrected chi connectivity index (χ3v) is 4.27. The number of carbonyl (C=O) groups excluding carboxylic acids is 1. The number of hydrogen-bond donors (Lipinski definition) is 1. The lowest BCUT2D eigenvalue weighted by atomic mass is 10.1.